The Labute approximate surface area is 117 Å². The van der Waals surface area contributed by atoms with Crippen LogP contribution in [0.1, 0.15) is 38.4 Å². The van der Waals surface area contributed by atoms with Crippen molar-refractivity contribution in [2.75, 3.05) is 18.0 Å². The molecule has 0 aliphatic carbocycles. The average Bonchev–Trinajstić information content (AvgIpc) is 2.29. The summed E-state index contributed by atoms with van der Waals surface area (Å²) in [6.07, 6.45) is 1.13. The van der Waals surface area contributed by atoms with Crippen LogP contribution in [0.4, 0.5) is 5.69 Å². The molecule has 1 saturated heterocycles. The van der Waals surface area contributed by atoms with Crippen LogP contribution < -0.4 is 4.90 Å². The molecule has 1 aliphatic rings. The predicted molar refractivity (Wildman–Crippen MR) is 76.8 cm³/mol. The molecule has 2 rings (SSSR count). The molecule has 4 heteroatoms. The molecule has 1 aromatic carbocycles. The van der Waals surface area contributed by atoms with E-state index in [1.165, 1.54) is 0 Å². The molecule has 0 spiro atoms. The molecule has 1 aromatic rings. The quantitative estimate of drug-likeness (QED) is 0.882. The van der Waals surface area contributed by atoms with Gasteiger partial charge in [0.15, 0.2) is 0 Å². The topological polar surface area (TPSA) is 43.7 Å². The van der Waals surface area contributed by atoms with Crippen molar-refractivity contribution < 1.29 is 10.2 Å². The molecule has 0 amide bonds. The van der Waals surface area contributed by atoms with Crippen LogP contribution >= 0.6 is 15.9 Å². The monoisotopic (exact) mass is 313 g/mol. The molecule has 2 N–H and O–H groups in total. The third kappa shape index (κ3) is 3.05. The fourth-order valence-electron chi connectivity index (χ4n) is 2.27. The van der Waals surface area contributed by atoms with Crippen LogP contribution in [0.2, 0.25) is 0 Å². The summed E-state index contributed by atoms with van der Waals surface area (Å²) in [5.41, 5.74) is 1.52. The van der Waals surface area contributed by atoms with Gasteiger partial charge in [-0.3, -0.25) is 0 Å². The minimum atomic E-state index is -0.525. The predicted octanol–water partition coefficient (Wildman–Crippen LogP) is 2.85. The Morgan fingerprint density at radius 3 is 2.44 bits per heavy atom. The van der Waals surface area contributed by atoms with Crippen LogP contribution in [0, 0.1) is 0 Å². The van der Waals surface area contributed by atoms with E-state index in [4.69, 9.17) is 0 Å². The highest BCUT2D eigenvalue weighted by Gasteiger charge is 2.28. The molecule has 0 radical (unpaired) electrons. The van der Waals surface area contributed by atoms with Crippen molar-refractivity contribution in [1.82, 2.24) is 0 Å². The summed E-state index contributed by atoms with van der Waals surface area (Å²) in [6, 6.07) is 5.95. The minimum Gasteiger partial charge on any atom is -0.390 e. The molecule has 1 aliphatic heterocycles. The molecule has 1 atom stereocenters. The van der Waals surface area contributed by atoms with Crippen LogP contribution in [-0.2, 0) is 0 Å². The molecular formula is C14H20BrNO2. The number of hydrogen-bond donors (Lipinski definition) is 2. The van der Waals surface area contributed by atoms with Gasteiger partial charge in [0.25, 0.3) is 0 Å². The van der Waals surface area contributed by atoms with Gasteiger partial charge in [-0.1, -0.05) is 6.07 Å². The van der Waals surface area contributed by atoms with E-state index in [9.17, 15) is 10.2 Å². The highest BCUT2D eigenvalue weighted by molar-refractivity contribution is 9.10. The van der Waals surface area contributed by atoms with Crippen molar-refractivity contribution in [3.05, 3.63) is 28.2 Å². The summed E-state index contributed by atoms with van der Waals surface area (Å²) in [5.74, 6) is 0. The first-order valence-electron chi connectivity index (χ1n) is 6.34. The fourth-order valence-corrected chi connectivity index (χ4v) is 2.92. The lowest BCUT2D eigenvalue weighted by molar-refractivity contribution is 0.0351. The Bertz CT molecular complexity index is 422. The Balaban J connectivity index is 2.15. The van der Waals surface area contributed by atoms with Crippen LogP contribution in [-0.4, -0.2) is 28.9 Å². The van der Waals surface area contributed by atoms with Gasteiger partial charge in [-0.2, -0.15) is 0 Å². The third-order valence-corrected chi connectivity index (χ3v) is 4.27. The van der Waals surface area contributed by atoms with Crippen LogP contribution in [0.25, 0.3) is 0 Å². The molecule has 1 heterocycles. The second-order valence-electron chi connectivity index (χ2n) is 5.37. The second-order valence-corrected chi connectivity index (χ2v) is 6.23. The molecular weight excluding hydrogens is 294 g/mol. The number of anilines is 1. The van der Waals surface area contributed by atoms with E-state index in [1.807, 2.05) is 25.1 Å². The number of nitrogens with zero attached hydrogens (tertiary/aromatic N) is 1. The zero-order chi connectivity index (χ0) is 13.3. The molecule has 0 unspecified atom stereocenters. The Hall–Kier alpha value is -0.580. The Kier molecular flexibility index (Phi) is 3.99. The molecule has 0 saturated carbocycles. The van der Waals surface area contributed by atoms with Gasteiger partial charge in [0.2, 0.25) is 0 Å². The number of piperidine rings is 1. The number of aliphatic hydroxyl groups excluding tert-OH is 1. The summed E-state index contributed by atoms with van der Waals surface area (Å²) in [6.45, 7) is 5.38. The van der Waals surface area contributed by atoms with Gasteiger partial charge in [0.05, 0.1) is 17.4 Å². The standard InChI is InChI=1S/C14H20BrNO2/c1-10(17)11-3-4-13(12(15)9-11)16-7-5-14(2,18)6-8-16/h3-4,9-10,17-18H,5-8H2,1-2H3/t10-/m0/s1. The lowest BCUT2D eigenvalue weighted by Gasteiger charge is -2.37. The summed E-state index contributed by atoms with van der Waals surface area (Å²) in [7, 11) is 0. The van der Waals surface area contributed by atoms with E-state index >= 15 is 0 Å². The summed E-state index contributed by atoms with van der Waals surface area (Å²) in [4.78, 5) is 2.27. The number of hydrogen-bond acceptors (Lipinski definition) is 3. The number of benzene rings is 1. The van der Waals surface area contributed by atoms with E-state index in [-0.39, 0.29) is 0 Å². The molecule has 18 heavy (non-hydrogen) atoms. The van der Waals surface area contributed by atoms with E-state index in [2.05, 4.69) is 20.8 Å². The van der Waals surface area contributed by atoms with Crippen LogP contribution in [0.3, 0.4) is 0 Å². The smallest absolute Gasteiger partial charge is 0.0762 e. The van der Waals surface area contributed by atoms with Gasteiger partial charge in [0.1, 0.15) is 0 Å². The maximum absolute atomic E-state index is 9.95. The first kappa shape index (κ1) is 13.8. The maximum atomic E-state index is 9.95. The number of halogens is 1. The number of aliphatic hydroxyl groups is 2. The Morgan fingerprint density at radius 1 is 1.33 bits per heavy atom. The highest BCUT2D eigenvalue weighted by atomic mass is 79.9. The Morgan fingerprint density at radius 2 is 1.94 bits per heavy atom. The zero-order valence-corrected chi connectivity index (χ0v) is 12.4. The third-order valence-electron chi connectivity index (χ3n) is 3.64. The molecule has 100 valence electrons. The lowest BCUT2D eigenvalue weighted by Crippen LogP contribution is -2.42. The minimum absolute atomic E-state index is 0.447. The van der Waals surface area contributed by atoms with Crippen LogP contribution in [0.5, 0.6) is 0 Å². The SMILES string of the molecule is C[C@H](O)c1ccc(N2CCC(C)(O)CC2)c(Br)c1. The lowest BCUT2D eigenvalue weighted by atomic mass is 9.93. The first-order chi connectivity index (χ1) is 8.39. The molecule has 3 nitrogen and oxygen atoms in total. The van der Waals surface area contributed by atoms with Crippen molar-refractivity contribution in [2.45, 2.75) is 38.4 Å². The largest absolute Gasteiger partial charge is 0.390 e. The van der Waals surface area contributed by atoms with Crippen molar-refractivity contribution in [1.29, 1.82) is 0 Å². The van der Waals surface area contributed by atoms with Gasteiger partial charge in [-0.05, 0) is 60.3 Å². The van der Waals surface area contributed by atoms with Crippen molar-refractivity contribution in [2.24, 2.45) is 0 Å². The van der Waals surface area contributed by atoms with Gasteiger partial charge in [-0.25, -0.2) is 0 Å². The van der Waals surface area contributed by atoms with E-state index < -0.39 is 11.7 Å². The summed E-state index contributed by atoms with van der Waals surface area (Å²) < 4.78 is 1.00. The van der Waals surface area contributed by atoms with Gasteiger partial charge < -0.3 is 15.1 Å². The number of rotatable bonds is 2. The molecule has 1 fully saturated rings. The van der Waals surface area contributed by atoms with E-state index in [0.29, 0.717) is 0 Å². The second kappa shape index (κ2) is 5.19. The molecule has 0 aromatic heterocycles. The van der Waals surface area contributed by atoms with Crippen LogP contribution in [0.15, 0.2) is 22.7 Å². The normalized spacial score (nSPS) is 20.8. The maximum Gasteiger partial charge on any atom is 0.0762 e. The average molecular weight is 314 g/mol. The van der Waals surface area contributed by atoms with E-state index in [1.54, 1.807) is 6.92 Å². The molecule has 0 bridgehead atoms. The fraction of sp³-hybridized carbons (Fsp3) is 0.571. The van der Waals surface area contributed by atoms with Crippen molar-refractivity contribution in [3.63, 3.8) is 0 Å². The van der Waals surface area contributed by atoms with Crippen molar-refractivity contribution in [3.8, 4) is 0 Å². The zero-order valence-electron chi connectivity index (χ0n) is 10.9. The summed E-state index contributed by atoms with van der Waals surface area (Å²) >= 11 is 3.56. The van der Waals surface area contributed by atoms with Crippen molar-refractivity contribution >= 4 is 21.6 Å². The highest BCUT2D eigenvalue weighted by Crippen LogP contribution is 2.33. The van der Waals surface area contributed by atoms with Gasteiger partial charge in [-0.15, -0.1) is 0 Å². The van der Waals surface area contributed by atoms with E-state index in [0.717, 1.165) is 41.7 Å². The first-order valence-corrected chi connectivity index (χ1v) is 7.13. The summed E-state index contributed by atoms with van der Waals surface area (Å²) in [5, 5.41) is 19.5. The van der Waals surface area contributed by atoms with Gasteiger partial charge in [0, 0.05) is 17.6 Å². The van der Waals surface area contributed by atoms with Gasteiger partial charge >= 0.3 is 0 Å².